The second-order valence-corrected chi connectivity index (χ2v) is 6.16. The second-order valence-electron chi connectivity index (χ2n) is 5.24. The molecule has 0 aromatic carbocycles. The molecule has 2 aromatic rings. The normalized spacial score (nSPS) is 17.1. The van der Waals surface area contributed by atoms with Crippen LogP contribution >= 0.6 is 11.3 Å². The summed E-state index contributed by atoms with van der Waals surface area (Å²) in [6.45, 7) is 1.11. The van der Waals surface area contributed by atoms with Crippen LogP contribution in [0.4, 0.5) is 0 Å². The van der Waals surface area contributed by atoms with Crippen molar-refractivity contribution in [2.75, 3.05) is 20.2 Å². The number of nitrogens with zero attached hydrogens (tertiary/aromatic N) is 2. The molecule has 1 fully saturated rings. The summed E-state index contributed by atoms with van der Waals surface area (Å²) in [4.78, 5) is 31.0. The Hall–Kier alpha value is -2.41. The highest BCUT2D eigenvalue weighted by Gasteiger charge is 2.29. The summed E-state index contributed by atoms with van der Waals surface area (Å²) < 4.78 is 5.16. The lowest BCUT2D eigenvalue weighted by atomic mass is 10.2. The minimum absolute atomic E-state index is 0.0537. The van der Waals surface area contributed by atoms with E-state index in [1.807, 2.05) is 5.38 Å². The van der Waals surface area contributed by atoms with Crippen molar-refractivity contribution in [1.29, 1.82) is 0 Å². The Morgan fingerprint density at radius 3 is 3.00 bits per heavy atom. The number of ether oxygens (including phenoxy) is 1. The van der Waals surface area contributed by atoms with Crippen molar-refractivity contribution in [2.45, 2.75) is 12.5 Å². The zero-order valence-electron chi connectivity index (χ0n) is 12.7. The van der Waals surface area contributed by atoms with Gasteiger partial charge < -0.3 is 15.0 Å². The summed E-state index contributed by atoms with van der Waals surface area (Å²) in [5, 5.41) is 4.79. The van der Waals surface area contributed by atoms with Gasteiger partial charge in [0.2, 0.25) is 0 Å². The van der Waals surface area contributed by atoms with Crippen LogP contribution in [-0.2, 0) is 0 Å². The Kier molecular flexibility index (Phi) is 4.57. The number of amides is 2. The number of carbonyl (C=O) groups excluding carboxylic acids is 2. The maximum atomic E-state index is 12.3. The maximum Gasteiger partial charge on any atom is 0.272 e. The average molecular weight is 331 g/mol. The molecule has 23 heavy (non-hydrogen) atoms. The fraction of sp³-hybridized carbons (Fsp3) is 0.312. The molecule has 2 amide bonds. The van der Waals surface area contributed by atoms with Gasteiger partial charge in [0, 0.05) is 25.3 Å². The summed E-state index contributed by atoms with van der Waals surface area (Å²) in [6.07, 6.45) is 2.34. The predicted octanol–water partition coefficient (Wildman–Crippen LogP) is 1.80. The first-order valence-electron chi connectivity index (χ1n) is 7.31. The Morgan fingerprint density at radius 2 is 2.26 bits per heavy atom. The molecule has 1 saturated heterocycles. The standard InChI is InChI=1S/C16H17N3O3S/c1-22-13-6-9-23-14(13)15(20)18-11-5-8-19(10-11)16(21)12-4-2-3-7-17-12/h2-4,6-7,9,11H,5,8,10H2,1H3,(H,18,20)/t11-/m0/s1. The molecule has 0 aliphatic carbocycles. The molecule has 0 saturated carbocycles. The monoisotopic (exact) mass is 331 g/mol. The van der Waals surface area contributed by atoms with Gasteiger partial charge in [0.05, 0.1) is 7.11 Å². The second kappa shape index (κ2) is 6.78. The third kappa shape index (κ3) is 3.34. The topological polar surface area (TPSA) is 71.5 Å². The van der Waals surface area contributed by atoms with E-state index in [0.717, 1.165) is 6.42 Å². The van der Waals surface area contributed by atoms with Crippen LogP contribution in [-0.4, -0.2) is 47.9 Å². The van der Waals surface area contributed by atoms with E-state index in [9.17, 15) is 9.59 Å². The van der Waals surface area contributed by atoms with Gasteiger partial charge in [0.1, 0.15) is 16.3 Å². The van der Waals surface area contributed by atoms with Crippen molar-refractivity contribution in [3.63, 3.8) is 0 Å². The number of rotatable bonds is 4. The van der Waals surface area contributed by atoms with Gasteiger partial charge in [-0.05, 0) is 30.0 Å². The summed E-state index contributed by atoms with van der Waals surface area (Å²) in [5.41, 5.74) is 0.430. The highest BCUT2D eigenvalue weighted by Crippen LogP contribution is 2.24. The molecule has 3 rings (SSSR count). The van der Waals surface area contributed by atoms with Crippen molar-refractivity contribution in [3.05, 3.63) is 46.4 Å². The predicted molar refractivity (Wildman–Crippen MR) is 86.9 cm³/mol. The highest BCUT2D eigenvalue weighted by atomic mass is 32.1. The largest absolute Gasteiger partial charge is 0.495 e. The molecule has 0 bridgehead atoms. The van der Waals surface area contributed by atoms with E-state index in [0.29, 0.717) is 29.4 Å². The lowest BCUT2D eigenvalue weighted by molar-refractivity contribution is 0.0777. The van der Waals surface area contributed by atoms with Crippen LogP contribution in [0.5, 0.6) is 5.75 Å². The smallest absolute Gasteiger partial charge is 0.272 e. The molecule has 0 radical (unpaired) electrons. The van der Waals surface area contributed by atoms with E-state index in [4.69, 9.17) is 4.74 Å². The van der Waals surface area contributed by atoms with Gasteiger partial charge in [0.25, 0.3) is 11.8 Å². The third-order valence-corrected chi connectivity index (χ3v) is 4.64. The van der Waals surface area contributed by atoms with Crippen LogP contribution < -0.4 is 10.1 Å². The molecule has 1 atom stereocenters. The van der Waals surface area contributed by atoms with Gasteiger partial charge in [0.15, 0.2) is 0 Å². The molecular weight excluding hydrogens is 314 g/mol. The molecule has 3 heterocycles. The molecular formula is C16H17N3O3S. The number of pyridine rings is 1. The average Bonchev–Trinajstić information content (AvgIpc) is 3.23. The molecule has 0 spiro atoms. The van der Waals surface area contributed by atoms with Gasteiger partial charge >= 0.3 is 0 Å². The lowest BCUT2D eigenvalue weighted by Gasteiger charge is -2.16. The van der Waals surface area contributed by atoms with Crippen molar-refractivity contribution in [1.82, 2.24) is 15.2 Å². The van der Waals surface area contributed by atoms with Crippen molar-refractivity contribution >= 4 is 23.2 Å². The van der Waals surface area contributed by atoms with E-state index >= 15 is 0 Å². The Balaban J connectivity index is 1.60. The Morgan fingerprint density at radius 1 is 1.39 bits per heavy atom. The first-order chi connectivity index (χ1) is 11.2. The van der Waals surface area contributed by atoms with E-state index in [2.05, 4.69) is 10.3 Å². The number of nitrogens with one attached hydrogen (secondary N) is 1. The van der Waals surface area contributed by atoms with Crippen LogP contribution in [0.1, 0.15) is 26.6 Å². The first kappa shape index (κ1) is 15.5. The molecule has 120 valence electrons. The van der Waals surface area contributed by atoms with E-state index in [-0.39, 0.29) is 17.9 Å². The quantitative estimate of drug-likeness (QED) is 0.927. The number of hydrogen-bond donors (Lipinski definition) is 1. The molecule has 0 unspecified atom stereocenters. The van der Waals surface area contributed by atoms with Crippen LogP contribution in [0, 0.1) is 0 Å². The Bertz CT molecular complexity index is 702. The van der Waals surface area contributed by atoms with Gasteiger partial charge in [-0.1, -0.05) is 6.07 Å². The summed E-state index contributed by atoms with van der Waals surface area (Å²) >= 11 is 1.34. The van der Waals surface area contributed by atoms with Gasteiger partial charge in [-0.3, -0.25) is 14.6 Å². The van der Waals surface area contributed by atoms with Crippen LogP contribution in [0.15, 0.2) is 35.8 Å². The summed E-state index contributed by atoms with van der Waals surface area (Å²) in [7, 11) is 1.54. The van der Waals surface area contributed by atoms with Crippen molar-refractivity contribution < 1.29 is 14.3 Å². The minimum atomic E-state index is -0.158. The molecule has 1 aliphatic rings. The fourth-order valence-electron chi connectivity index (χ4n) is 2.59. The van der Waals surface area contributed by atoms with Crippen LogP contribution in [0.2, 0.25) is 0 Å². The number of thiophene rings is 1. The number of aromatic nitrogens is 1. The fourth-order valence-corrected chi connectivity index (χ4v) is 3.35. The number of methoxy groups -OCH3 is 1. The zero-order valence-corrected chi connectivity index (χ0v) is 13.5. The maximum absolute atomic E-state index is 12.3. The minimum Gasteiger partial charge on any atom is -0.495 e. The van der Waals surface area contributed by atoms with E-state index in [1.54, 1.807) is 42.5 Å². The lowest BCUT2D eigenvalue weighted by Crippen LogP contribution is -2.38. The van der Waals surface area contributed by atoms with E-state index in [1.165, 1.54) is 11.3 Å². The summed E-state index contributed by atoms with van der Waals surface area (Å²) in [5.74, 6) is 0.317. The van der Waals surface area contributed by atoms with E-state index < -0.39 is 0 Å². The molecule has 2 aromatic heterocycles. The van der Waals surface area contributed by atoms with Gasteiger partial charge in [-0.25, -0.2) is 0 Å². The summed E-state index contributed by atoms with van der Waals surface area (Å²) in [6, 6.07) is 6.98. The number of likely N-dealkylation sites (tertiary alicyclic amines) is 1. The first-order valence-corrected chi connectivity index (χ1v) is 8.19. The highest BCUT2D eigenvalue weighted by molar-refractivity contribution is 7.12. The SMILES string of the molecule is COc1ccsc1C(=O)N[C@H]1CCN(C(=O)c2ccccn2)C1. The number of hydrogen-bond acceptors (Lipinski definition) is 5. The van der Waals surface area contributed by atoms with Crippen LogP contribution in [0.25, 0.3) is 0 Å². The van der Waals surface area contributed by atoms with Crippen LogP contribution in [0.3, 0.4) is 0 Å². The third-order valence-electron chi connectivity index (χ3n) is 3.75. The van der Waals surface area contributed by atoms with Gasteiger partial charge in [-0.15, -0.1) is 11.3 Å². The molecule has 6 nitrogen and oxygen atoms in total. The van der Waals surface area contributed by atoms with Crippen molar-refractivity contribution in [3.8, 4) is 5.75 Å². The molecule has 1 aliphatic heterocycles. The Labute approximate surface area is 138 Å². The molecule has 1 N–H and O–H groups in total. The van der Waals surface area contributed by atoms with Crippen molar-refractivity contribution in [2.24, 2.45) is 0 Å². The zero-order chi connectivity index (χ0) is 16.2. The molecule has 7 heteroatoms. The number of carbonyl (C=O) groups is 2. The van der Waals surface area contributed by atoms with Gasteiger partial charge in [-0.2, -0.15) is 0 Å².